The smallest absolute Gasteiger partial charge is 0.270 e. The molecule has 0 aromatic heterocycles. The minimum atomic E-state index is -3.89. The summed E-state index contributed by atoms with van der Waals surface area (Å²) < 4.78 is 24.8. The van der Waals surface area contributed by atoms with E-state index in [9.17, 15) is 23.3 Å². The van der Waals surface area contributed by atoms with E-state index in [1.54, 1.807) is 12.1 Å². The Morgan fingerprint density at radius 1 is 1.05 bits per heavy atom. The van der Waals surface area contributed by atoms with E-state index in [4.69, 9.17) is 0 Å². The first-order chi connectivity index (χ1) is 10.4. The Hall–Kier alpha value is -2.80. The van der Waals surface area contributed by atoms with E-state index in [1.165, 1.54) is 42.5 Å². The number of nitro benzene ring substituents is 1. The molecule has 6 nitrogen and oxygen atoms in total. The van der Waals surface area contributed by atoms with E-state index < -0.39 is 20.5 Å². The summed E-state index contributed by atoms with van der Waals surface area (Å²) in [7, 11) is -3.89. The number of rotatable bonds is 2. The van der Waals surface area contributed by atoms with Crippen LogP contribution in [0.5, 0.6) is 0 Å². The van der Waals surface area contributed by atoms with Gasteiger partial charge >= 0.3 is 0 Å². The fraction of sp³-hybridized carbons (Fsp3) is 0. The lowest BCUT2D eigenvalue weighted by Gasteiger charge is -1.98. The predicted octanol–water partition coefficient (Wildman–Crippen LogP) is 2.61. The number of hydrogen-bond acceptors (Lipinski definition) is 5. The Morgan fingerprint density at radius 3 is 2.45 bits per heavy atom. The van der Waals surface area contributed by atoms with Crippen molar-refractivity contribution >= 4 is 27.4 Å². The molecule has 1 aliphatic heterocycles. The molecule has 2 aromatic carbocycles. The van der Waals surface area contributed by atoms with Crippen LogP contribution in [0.3, 0.4) is 0 Å². The van der Waals surface area contributed by atoms with Gasteiger partial charge in [0.15, 0.2) is 0 Å². The van der Waals surface area contributed by atoms with Gasteiger partial charge in [0.1, 0.15) is 4.91 Å². The average molecular weight is 315 g/mol. The summed E-state index contributed by atoms with van der Waals surface area (Å²) in [5, 5.41) is 10.8. The molecule has 0 unspecified atom stereocenters. The number of ketones is 1. The summed E-state index contributed by atoms with van der Waals surface area (Å²) in [6.07, 6.45) is 1.17. The molecule has 0 bridgehead atoms. The van der Waals surface area contributed by atoms with Crippen molar-refractivity contribution in [2.24, 2.45) is 0 Å². The van der Waals surface area contributed by atoms with Crippen LogP contribution in [-0.2, 0) is 9.84 Å². The van der Waals surface area contributed by atoms with Crippen molar-refractivity contribution in [3.8, 4) is 0 Å². The number of nitrogens with zero attached hydrogens (tertiary/aromatic N) is 1. The van der Waals surface area contributed by atoms with Gasteiger partial charge < -0.3 is 0 Å². The van der Waals surface area contributed by atoms with Crippen molar-refractivity contribution in [3.05, 3.63) is 74.7 Å². The summed E-state index contributed by atoms with van der Waals surface area (Å²) in [4.78, 5) is 22.0. The number of carbonyl (C=O) groups is 1. The number of benzene rings is 2. The summed E-state index contributed by atoms with van der Waals surface area (Å²) in [6, 6.07) is 11.4. The summed E-state index contributed by atoms with van der Waals surface area (Å²) in [5.74, 6) is -0.595. The fourth-order valence-electron chi connectivity index (χ4n) is 2.28. The number of fused-ring (bicyclic) bond motifs is 1. The number of hydrogen-bond donors (Lipinski definition) is 0. The zero-order valence-corrected chi connectivity index (χ0v) is 11.9. The van der Waals surface area contributed by atoms with Crippen LogP contribution < -0.4 is 0 Å². The van der Waals surface area contributed by atoms with Gasteiger partial charge in [-0.05, 0) is 23.8 Å². The molecule has 110 valence electrons. The van der Waals surface area contributed by atoms with Gasteiger partial charge in [0, 0.05) is 17.7 Å². The highest BCUT2D eigenvalue weighted by Crippen LogP contribution is 2.35. The maximum absolute atomic E-state index is 12.4. The van der Waals surface area contributed by atoms with Crippen LogP contribution in [0.4, 0.5) is 5.69 Å². The molecule has 2 aromatic rings. The number of sulfone groups is 1. The number of non-ortho nitro benzene ring substituents is 1. The third-order valence-corrected chi connectivity index (χ3v) is 5.13. The van der Waals surface area contributed by atoms with Crippen molar-refractivity contribution < 1.29 is 18.1 Å². The first-order valence-electron chi connectivity index (χ1n) is 6.26. The SMILES string of the molecule is O=C1C(=Cc2cccc([N+](=O)[O-])c2)S(=O)(=O)c2ccccc21. The molecule has 0 saturated carbocycles. The Morgan fingerprint density at radius 2 is 1.77 bits per heavy atom. The maximum Gasteiger partial charge on any atom is 0.270 e. The lowest BCUT2D eigenvalue weighted by Crippen LogP contribution is -2.02. The van der Waals surface area contributed by atoms with Crippen molar-refractivity contribution in [1.29, 1.82) is 0 Å². The molecule has 0 radical (unpaired) electrons. The highest BCUT2D eigenvalue weighted by molar-refractivity contribution is 7.97. The highest BCUT2D eigenvalue weighted by atomic mass is 32.2. The van der Waals surface area contributed by atoms with E-state index >= 15 is 0 Å². The van der Waals surface area contributed by atoms with E-state index in [0.717, 1.165) is 0 Å². The predicted molar refractivity (Wildman–Crippen MR) is 79.0 cm³/mol. The second-order valence-corrected chi connectivity index (χ2v) is 6.58. The monoisotopic (exact) mass is 315 g/mol. The first-order valence-corrected chi connectivity index (χ1v) is 7.74. The molecule has 0 fully saturated rings. The van der Waals surface area contributed by atoms with Crippen LogP contribution in [0.2, 0.25) is 0 Å². The van der Waals surface area contributed by atoms with Crippen LogP contribution in [0.1, 0.15) is 15.9 Å². The molecule has 1 heterocycles. The second kappa shape index (κ2) is 4.88. The van der Waals surface area contributed by atoms with E-state index in [-0.39, 0.29) is 26.6 Å². The van der Waals surface area contributed by atoms with Crippen molar-refractivity contribution in [2.75, 3.05) is 0 Å². The lowest BCUT2D eigenvalue weighted by molar-refractivity contribution is -0.384. The minimum absolute atomic E-state index is 0.0309. The third-order valence-electron chi connectivity index (χ3n) is 3.31. The van der Waals surface area contributed by atoms with Gasteiger partial charge in [0.25, 0.3) is 5.69 Å². The molecular formula is C15H9NO5S. The lowest BCUT2D eigenvalue weighted by atomic mass is 10.1. The summed E-state index contributed by atoms with van der Waals surface area (Å²) in [6.45, 7) is 0. The number of nitro groups is 1. The molecule has 7 heteroatoms. The van der Waals surface area contributed by atoms with Crippen LogP contribution in [0, 0.1) is 10.1 Å². The summed E-state index contributed by atoms with van der Waals surface area (Å²) in [5.41, 5.74) is 0.239. The number of carbonyl (C=O) groups excluding carboxylic acids is 1. The van der Waals surface area contributed by atoms with Crippen molar-refractivity contribution in [2.45, 2.75) is 4.90 Å². The minimum Gasteiger partial charge on any atom is -0.288 e. The molecule has 0 aliphatic carbocycles. The van der Waals surface area contributed by atoms with E-state index in [0.29, 0.717) is 0 Å². The van der Waals surface area contributed by atoms with Crippen molar-refractivity contribution in [1.82, 2.24) is 0 Å². The zero-order chi connectivity index (χ0) is 15.9. The van der Waals surface area contributed by atoms with Crippen LogP contribution in [-0.4, -0.2) is 19.1 Å². The molecular weight excluding hydrogens is 306 g/mol. The molecule has 3 rings (SSSR count). The van der Waals surface area contributed by atoms with Crippen LogP contribution >= 0.6 is 0 Å². The number of allylic oxidation sites excluding steroid dienone is 1. The Bertz CT molecular complexity index is 944. The topological polar surface area (TPSA) is 94.3 Å². The molecule has 0 N–H and O–H groups in total. The Balaban J connectivity index is 2.16. The van der Waals surface area contributed by atoms with Gasteiger partial charge in [0.2, 0.25) is 15.6 Å². The molecule has 1 aliphatic rings. The van der Waals surface area contributed by atoms with Crippen LogP contribution in [0.15, 0.2) is 58.3 Å². The first kappa shape index (κ1) is 14.2. The normalized spacial score (nSPS) is 17.5. The molecule has 0 amide bonds. The van der Waals surface area contributed by atoms with Gasteiger partial charge in [-0.15, -0.1) is 0 Å². The van der Waals surface area contributed by atoms with Gasteiger partial charge in [0.05, 0.1) is 9.82 Å². The molecule has 0 saturated heterocycles. The van der Waals surface area contributed by atoms with Crippen LogP contribution in [0.25, 0.3) is 6.08 Å². The fourth-order valence-corrected chi connectivity index (χ4v) is 3.87. The molecule has 0 spiro atoms. The molecule has 22 heavy (non-hydrogen) atoms. The standard InChI is InChI=1S/C15H9NO5S/c17-15-12-6-1-2-7-13(12)22(20,21)14(15)9-10-4-3-5-11(8-10)16(18)19/h1-9H. The average Bonchev–Trinajstić information content (AvgIpc) is 2.69. The van der Waals surface area contributed by atoms with Gasteiger partial charge in [-0.25, -0.2) is 8.42 Å². The van der Waals surface area contributed by atoms with E-state index in [1.807, 2.05) is 0 Å². The Labute approximate surface area is 125 Å². The van der Waals surface area contributed by atoms with Crippen molar-refractivity contribution in [3.63, 3.8) is 0 Å². The molecule has 0 atom stereocenters. The summed E-state index contributed by atoms with van der Waals surface area (Å²) >= 11 is 0. The quantitative estimate of drug-likeness (QED) is 0.482. The zero-order valence-electron chi connectivity index (χ0n) is 11.1. The largest absolute Gasteiger partial charge is 0.288 e. The maximum atomic E-state index is 12.4. The Kier molecular flexibility index (Phi) is 3.14. The second-order valence-electron chi connectivity index (χ2n) is 4.69. The van der Waals surface area contributed by atoms with E-state index in [2.05, 4.69) is 0 Å². The van der Waals surface area contributed by atoms with Gasteiger partial charge in [-0.3, -0.25) is 14.9 Å². The van der Waals surface area contributed by atoms with Gasteiger partial charge in [-0.1, -0.05) is 24.3 Å². The highest BCUT2D eigenvalue weighted by Gasteiger charge is 2.38. The third kappa shape index (κ3) is 2.11. The number of Topliss-reactive ketones (excluding diaryl/α,β-unsaturated/α-hetero) is 1. The van der Waals surface area contributed by atoms with Gasteiger partial charge in [-0.2, -0.15) is 0 Å².